The Kier molecular flexibility index (Phi) is 5.46. The molecule has 0 saturated carbocycles. The first-order chi connectivity index (χ1) is 12.8. The molecular formula is C19H23FN2O5. The summed E-state index contributed by atoms with van der Waals surface area (Å²) in [7, 11) is 0. The molecule has 3 rings (SSSR count). The van der Waals surface area contributed by atoms with Gasteiger partial charge in [-0.2, -0.15) is 0 Å². The van der Waals surface area contributed by atoms with Crippen LogP contribution in [0.3, 0.4) is 0 Å². The largest absolute Gasteiger partial charge is 0.461 e. The fourth-order valence-electron chi connectivity index (χ4n) is 3.02. The molecule has 0 bridgehead atoms. The number of benzene rings is 1. The van der Waals surface area contributed by atoms with Gasteiger partial charge in [-0.05, 0) is 32.9 Å². The van der Waals surface area contributed by atoms with E-state index in [9.17, 15) is 14.0 Å². The minimum Gasteiger partial charge on any atom is -0.461 e. The fraction of sp³-hybridized carbons (Fsp3) is 0.526. The van der Waals surface area contributed by atoms with Gasteiger partial charge in [0, 0.05) is 18.4 Å². The smallest absolute Gasteiger partial charge is 0.335 e. The zero-order chi connectivity index (χ0) is 19.6. The normalized spacial score (nSPS) is 27.2. The first-order valence-corrected chi connectivity index (χ1v) is 8.91. The Hall–Kier alpha value is -2.48. The average molecular weight is 378 g/mol. The van der Waals surface area contributed by atoms with Gasteiger partial charge in [0.1, 0.15) is 5.82 Å². The van der Waals surface area contributed by atoms with Gasteiger partial charge in [-0.1, -0.05) is 17.3 Å². The minimum absolute atomic E-state index is 0.217. The number of hydrogen-bond acceptors (Lipinski definition) is 6. The minimum atomic E-state index is -1.20. The lowest BCUT2D eigenvalue weighted by atomic mass is 9.94. The average Bonchev–Trinajstić information content (AvgIpc) is 3.22. The molecule has 1 aromatic rings. The standard InChI is InChI=1S/C19H23FN2O5/c1-11(2)26-17(23)16-8-14(10-25-16)21-18(24)19(3)9-15(22-27-19)12-5-4-6-13(20)7-12/h4-7,11,14,16H,8-10H2,1-3H3,(H,21,24)/t14?,16?,19-/m1/s1. The van der Waals surface area contributed by atoms with Crippen molar-refractivity contribution in [1.82, 2.24) is 5.32 Å². The van der Waals surface area contributed by atoms with E-state index < -0.39 is 17.7 Å². The van der Waals surface area contributed by atoms with E-state index in [1.807, 2.05) is 0 Å². The van der Waals surface area contributed by atoms with Crippen LogP contribution in [0.15, 0.2) is 29.4 Å². The lowest BCUT2D eigenvalue weighted by Gasteiger charge is -2.22. The lowest BCUT2D eigenvalue weighted by Crippen LogP contribution is -2.49. The zero-order valence-corrected chi connectivity index (χ0v) is 15.5. The zero-order valence-electron chi connectivity index (χ0n) is 15.5. The summed E-state index contributed by atoms with van der Waals surface area (Å²) in [5.74, 6) is -1.17. The van der Waals surface area contributed by atoms with Crippen molar-refractivity contribution in [2.75, 3.05) is 6.61 Å². The molecule has 1 saturated heterocycles. The van der Waals surface area contributed by atoms with Gasteiger partial charge < -0.3 is 19.6 Å². The van der Waals surface area contributed by atoms with Crippen LogP contribution in [-0.2, 0) is 23.9 Å². The molecule has 146 valence electrons. The number of ether oxygens (including phenoxy) is 2. The molecule has 2 heterocycles. The summed E-state index contributed by atoms with van der Waals surface area (Å²) >= 11 is 0. The molecule has 2 aliphatic heterocycles. The summed E-state index contributed by atoms with van der Waals surface area (Å²) in [5.41, 5.74) is -0.113. The van der Waals surface area contributed by atoms with E-state index in [0.717, 1.165) is 0 Å². The monoisotopic (exact) mass is 378 g/mol. The SMILES string of the molecule is CC(C)OC(=O)C1CC(NC(=O)[C@@]2(C)CC(c3cccc(F)c3)=NO2)CO1. The van der Waals surface area contributed by atoms with Crippen molar-refractivity contribution in [1.29, 1.82) is 0 Å². The Morgan fingerprint density at radius 2 is 2.19 bits per heavy atom. The molecule has 7 nitrogen and oxygen atoms in total. The number of rotatable bonds is 5. The van der Waals surface area contributed by atoms with Crippen LogP contribution in [0.1, 0.15) is 39.2 Å². The third-order valence-electron chi connectivity index (χ3n) is 4.45. The van der Waals surface area contributed by atoms with Crippen LogP contribution >= 0.6 is 0 Å². The Morgan fingerprint density at radius 1 is 1.41 bits per heavy atom. The van der Waals surface area contributed by atoms with E-state index in [-0.39, 0.29) is 36.9 Å². The summed E-state index contributed by atoms with van der Waals surface area (Å²) < 4.78 is 24.0. The van der Waals surface area contributed by atoms with Crippen LogP contribution < -0.4 is 5.32 Å². The van der Waals surface area contributed by atoms with Crippen LogP contribution in [-0.4, -0.2) is 48.0 Å². The van der Waals surface area contributed by atoms with Crippen LogP contribution in [0, 0.1) is 5.82 Å². The number of halogens is 1. The molecule has 2 unspecified atom stereocenters. The molecule has 0 spiro atoms. The maximum Gasteiger partial charge on any atom is 0.335 e. The van der Waals surface area contributed by atoms with Crippen molar-refractivity contribution in [2.24, 2.45) is 5.16 Å². The van der Waals surface area contributed by atoms with E-state index in [1.54, 1.807) is 32.9 Å². The highest BCUT2D eigenvalue weighted by atomic mass is 19.1. The summed E-state index contributed by atoms with van der Waals surface area (Å²) in [6, 6.07) is 5.66. The molecule has 0 aromatic heterocycles. The third-order valence-corrected chi connectivity index (χ3v) is 4.45. The number of hydrogen-bond donors (Lipinski definition) is 1. The van der Waals surface area contributed by atoms with Gasteiger partial charge in [-0.15, -0.1) is 0 Å². The second kappa shape index (κ2) is 7.64. The van der Waals surface area contributed by atoms with Crippen molar-refractivity contribution in [3.8, 4) is 0 Å². The first kappa shape index (κ1) is 19.3. The predicted molar refractivity (Wildman–Crippen MR) is 94.6 cm³/mol. The quantitative estimate of drug-likeness (QED) is 0.792. The topological polar surface area (TPSA) is 86.2 Å². The van der Waals surface area contributed by atoms with Gasteiger partial charge in [0.25, 0.3) is 5.91 Å². The number of carbonyl (C=O) groups excluding carboxylic acids is 2. The van der Waals surface area contributed by atoms with E-state index in [2.05, 4.69) is 10.5 Å². The number of nitrogens with one attached hydrogen (secondary N) is 1. The molecule has 0 radical (unpaired) electrons. The first-order valence-electron chi connectivity index (χ1n) is 8.91. The van der Waals surface area contributed by atoms with Gasteiger partial charge in [0.05, 0.1) is 24.5 Å². The Morgan fingerprint density at radius 3 is 2.89 bits per heavy atom. The van der Waals surface area contributed by atoms with Crippen LogP contribution in [0.2, 0.25) is 0 Å². The molecular weight excluding hydrogens is 355 g/mol. The molecule has 1 fully saturated rings. The Bertz CT molecular complexity index is 766. The number of amides is 1. The number of oxime groups is 1. The van der Waals surface area contributed by atoms with Gasteiger partial charge in [0.2, 0.25) is 5.60 Å². The predicted octanol–water partition coefficient (Wildman–Crippen LogP) is 1.93. The molecule has 8 heteroatoms. The Labute approximate surface area is 156 Å². The second-order valence-corrected chi connectivity index (χ2v) is 7.26. The van der Waals surface area contributed by atoms with Gasteiger partial charge in [-0.25, -0.2) is 9.18 Å². The molecule has 1 amide bonds. The van der Waals surface area contributed by atoms with Gasteiger partial charge >= 0.3 is 5.97 Å². The molecule has 1 N–H and O–H groups in total. The maximum atomic E-state index is 13.4. The van der Waals surface area contributed by atoms with E-state index in [4.69, 9.17) is 14.3 Å². The van der Waals surface area contributed by atoms with E-state index in [0.29, 0.717) is 17.7 Å². The van der Waals surface area contributed by atoms with Gasteiger partial charge in [-0.3, -0.25) is 4.79 Å². The molecule has 0 aliphatic carbocycles. The summed E-state index contributed by atoms with van der Waals surface area (Å²) in [4.78, 5) is 29.9. The number of nitrogens with zero attached hydrogens (tertiary/aromatic N) is 1. The van der Waals surface area contributed by atoms with Crippen LogP contribution in [0.25, 0.3) is 0 Å². The number of esters is 1. The van der Waals surface area contributed by atoms with Crippen LogP contribution in [0.4, 0.5) is 4.39 Å². The molecule has 2 aliphatic rings. The lowest BCUT2D eigenvalue weighted by molar-refractivity contribution is -0.158. The number of carbonyl (C=O) groups is 2. The van der Waals surface area contributed by atoms with Gasteiger partial charge in [0.15, 0.2) is 6.10 Å². The molecule has 1 aromatic carbocycles. The molecule has 3 atom stereocenters. The summed E-state index contributed by atoms with van der Waals surface area (Å²) in [5, 5.41) is 6.79. The summed E-state index contributed by atoms with van der Waals surface area (Å²) in [6.45, 7) is 5.37. The summed E-state index contributed by atoms with van der Waals surface area (Å²) in [6.07, 6.45) is -0.354. The fourth-order valence-corrected chi connectivity index (χ4v) is 3.02. The van der Waals surface area contributed by atoms with Crippen molar-refractivity contribution in [2.45, 2.75) is 57.5 Å². The van der Waals surface area contributed by atoms with Crippen molar-refractivity contribution >= 4 is 17.6 Å². The third kappa shape index (κ3) is 4.44. The van der Waals surface area contributed by atoms with Crippen molar-refractivity contribution < 1.29 is 28.3 Å². The van der Waals surface area contributed by atoms with Crippen molar-refractivity contribution in [3.63, 3.8) is 0 Å². The highest BCUT2D eigenvalue weighted by Gasteiger charge is 2.44. The Balaban J connectivity index is 1.55. The maximum absolute atomic E-state index is 13.4. The van der Waals surface area contributed by atoms with E-state index >= 15 is 0 Å². The van der Waals surface area contributed by atoms with Crippen LogP contribution in [0.5, 0.6) is 0 Å². The highest BCUT2D eigenvalue weighted by Crippen LogP contribution is 2.28. The highest BCUT2D eigenvalue weighted by molar-refractivity contribution is 6.05. The second-order valence-electron chi connectivity index (χ2n) is 7.26. The van der Waals surface area contributed by atoms with Crippen molar-refractivity contribution in [3.05, 3.63) is 35.6 Å². The molecule has 27 heavy (non-hydrogen) atoms. The van der Waals surface area contributed by atoms with E-state index in [1.165, 1.54) is 12.1 Å².